The lowest BCUT2D eigenvalue weighted by Crippen LogP contribution is -2.60. The van der Waals surface area contributed by atoms with Crippen LogP contribution < -0.4 is 10.1 Å². The molecule has 3 rings (SSSR count). The van der Waals surface area contributed by atoms with Crippen molar-refractivity contribution < 1.29 is 34.7 Å². The highest BCUT2D eigenvalue weighted by molar-refractivity contribution is 6.32. The first-order valence-corrected chi connectivity index (χ1v) is 9.32. The molecule has 1 saturated heterocycles. The molecular formula is C20H22ClNO7. The molecule has 1 heterocycles. The van der Waals surface area contributed by atoms with Crippen LogP contribution in [0.4, 0.5) is 0 Å². The molecule has 0 spiro atoms. The van der Waals surface area contributed by atoms with Gasteiger partial charge in [0.05, 0.1) is 11.6 Å². The molecule has 156 valence electrons. The van der Waals surface area contributed by atoms with Crippen molar-refractivity contribution in [1.82, 2.24) is 5.32 Å². The molecule has 2 aromatic rings. The molecule has 5 N–H and O–H groups in total. The topological polar surface area (TPSA) is 128 Å². The number of halogens is 1. The third-order valence-electron chi connectivity index (χ3n) is 4.71. The summed E-state index contributed by atoms with van der Waals surface area (Å²) in [6.45, 7) is -0.556. The van der Waals surface area contributed by atoms with Crippen LogP contribution in [0.3, 0.4) is 0 Å². The number of amides is 1. The normalized spacial score (nSPS) is 26.8. The van der Waals surface area contributed by atoms with Crippen molar-refractivity contribution in [2.45, 2.75) is 30.7 Å². The summed E-state index contributed by atoms with van der Waals surface area (Å²) >= 11 is 6.31. The SMILES string of the molecule is CNC(=O)c1cccc(-c2ccc(OC3O[C@@H](CO)[C@@H](O)[C@@H](O)[C@@H]3O)c(Cl)c2)c1. The maximum Gasteiger partial charge on any atom is 0.251 e. The van der Waals surface area contributed by atoms with E-state index < -0.39 is 37.3 Å². The lowest BCUT2D eigenvalue weighted by molar-refractivity contribution is -0.277. The fraction of sp³-hybridized carbons (Fsp3) is 0.350. The highest BCUT2D eigenvalue weighted by Gasteiger charge is 2.44. The molecule has 0 radical (unpaired) electrons. The minimum absolute atomic E-state index is 0.183. The van der Waals surface area contributed by atoms with Gasteiger partial charge in [-0.2, -0.15) is 0 Å². The van der Waals surface area contributed by atoms with E-state index >= 15 is 0 Å². The molecule has 1 fully saturated rings. The first-order chi connectivity index (χ1) is 13.8. The smallest absolute Gasteiger partial charge is 0.251 e. The van der Waals surface area contributed by atoms with Crippen LogP contribution in [0, 0.1) is 0 Å². The predicted octanol–water partition coefficient (Wildman–Crippen LogP) is 0.545. The Kier molecular flexibility index (Phi) is 6.74. The van der Waals surface area contributed by atoms with Gasteiger partial charge in [0.25, 0.3) is 5.91 Å². The van der Waals surface area contributed by atoms with Crippen molar-refractivity contribution in [2.75, 3.05) is 13.7 Å². The van der Waals surface area contributed by atoms with Gasteiger partial charge in [0.1, 0.15) is 30.2 Å². The van der Waals surface area contributed by atoms with Crippen LogP contribution >= 0.6 is 11.6 Å². The van der Waals surface area contributed by atoms with Crippen molar-refractivity contribution in [2.24, 2.45) is 0 Å². The Bertz CT molecular complexity index is 876. The molecular weight excluding hydrogens is 402 g/mol. The highest BCUT2D eigenvalue weighted by atomic mass is 35.5. The largest absolute Gasteiger partial charge is 0.460 e. The molecule has 0 aromatic heterocycles. The molecule has 0 aliphatic carbocycles. The number of rotatable bonds is 5. The molecule has 2 aromatic carbocycles. The number of carbonyl (C=O) groups excluding carboxylic acids is 1. The van der Waals surface area contributed by atoms with Crippen LogP contribution in [0.5, 0.6) is 5.75 Å². The Morgan fingerprint density at radius 2 is 1.83 bits per heavy atom. The Morgan fingerprint density at radius 1 is 1.10 bits per heavy atom. The van der Waals surface area contributed by atoms with Crippen molar-refractivity contribution in [3.05, 3.63) is 53.1 Å². The number of aliphatic hydroxyl groups excluding tert-OH is 4. The number of ether oxygens (including phenoxy) is 2. The Morgan fingerprint density at radius 3 is 2.48 bits per heavy atom. The van der Waals surface area contributed by atoms with Crippen molar-refractivity contribution in [1.29, 1.82) is 0 Å². The quantitative estimate of drug-likeness (QED) is 0.475. The molecule has 0 bridgehead atoms. The summed E-state index contributed by atoms with van der Waals surface area (Å²) in [7, 11) is 1.55. The van der Waals surface area contributed by atoms with E-state index in [2.05, 4.69) is 5.32 Å². The number of nitrogens with one attached hydrogen (secondary N) is 1. The van der Waals surface area contributed by atoms with E-state index in [9.17, 15) is 25.2 Å². The maximum absolute atomic E-state index is 11.8. The zero-order valence-corrected chi connectivity index (χ0v) is 16.3. The van der Waals surface area contributed by atoms with E-state index in [0.717, 1.165) is 11.1 Å². The summed E-state index contributed by atoms with van der Waals surface area (Å²) in [6.07, 6.45) is -6.96. The van der Waals surface area contributed by atoms with Gasteiger partial charge in [-0.25, -0.2) is 0 Å². The summed E-state index contributed by atoms with van der Waals surface area (Å²) in [5.74, 6) is -0.0253. The number of aliphatic hydroxyl groups is 4. The number of benzene rings is 2. The number of carbonyl (C=O) groups is 1. The van der Waals surface area contributed by atoms with E-state index in [-0.39, 0.29) is 16.7 Å². The maximum atomic E-state index is 11.8. The average molecular weight is 424 g/mol. The fourth-order valence-electron chi connectivity index (χ4n) is 3.05. The van der Waals surface area contributed by atoms with Crippen LogP contribution in [0.2, 0.25) is 5.02 Å². The zero-order chi connectivity index (χ0) is 21.1. The van der Waals surface area contributed by atoms with Crippen LogP contribution in [0.15, 0.2) is 42.5 Å². The van der Waals surface area contributed by atoms with Gasteiger partial charge in [-0.15, -0.1) is 0 Å². The monoisotopic (exact) mass is 423 g/mol. The summed E-state index contributed by atoms with van der Waals surface area (Å²) in [5, 5.41) is 41.8. The minimum Gasteiger partial charge on any atom is -0.460 e. The summed E-state index contributed by atoms with van der Waals surface area (Å²) < 4.78 is 10.9. The van der Waals surface area contributed by atoms with Crippen LogP contribution in [-0.4, -0.2) is 70.7 Å². The average Bonchev–Trinajstić information content (AvgIpc) is 2.74. The molecule has 29 heavy (non-hydrogen) atoms. The van der Waals surface area contributed by atoms with Gasteiger partial charge in [0.15, 0.2) is 0 Å². The molecule has 8 nitrogen and oxygen atoms in total. The van der Waals surface area contributed by atoms with Gasteiger partial charge < -0.3 is 35.2 Å². The van der Waals surface area contributed by atoms with E-state index in [4.69, 9.17) is 21.1 Å². The van der Waals surface area contributed by atoms with Gasteiger partial charge in [-0.3, -0.25) is 4.79 Å². The molecule has 1 unspecified atom stereocenters. The third kappa shape index (κ3) is 4.53. The second kappa shape index (κ2) is 9.08. The highest BCUT2D eigenvalue weighted by Crippen LogP contribution is 2.33. The van der Waals surface area contributed by atoms with E-state index in [0.29, 0.717) is 5.56 Å². The molecule has 9 heteroatoms. The van der Waals surface area contributed by atoms with Gasteiger partial charge in [0, 0.05) is 12.6 Å². The van der Waals surface area contributed by atoms with E-state index in [1.54, 1.807) is 43.4 Å². The molecule has 1 aliphatic rings. The Hall–Kier alpha value is -2.20. The number of hydrogen-bond donors (Lipinski definition) is 5. The van der Waals surface area contributed by atoms with Gasteiger partial charge in [0.2, 0.25) is 6.29 Å². The summed E-state index contributed by atoms with van der Waals surface area (Å²) in [6, 6.07) is 11.9. The minimum atomic E-state index is -1.54. The summed E-state index contributed by atoms with van der Waals surface area (Å²) in [5.41, 5.74) is 2.01. The van der Waals surface area contributed by atoms with Crippen LogP contribution in [-0.2, 0) is 4.74 Å². The van der Waals surface area contributed by atoms with Crippen molar-refractivity contribution in [3.8, 4) is 16.9 Å². The zero-order valence-electron chi connectivity index (χ0n) is 15.5. The first kappa shape index (κ1) is 21.5. The number of hydrogen-bond acceptors (Lipinski definition) is 7. The van der Waals surface area contributed by atoms with Gasteiger partial charge in [-0.1, -0.05) is 29.8 Å². The molecule has 0 saturated carbocycles. The standard InChI is InChI=1S/C20H22ClNO7/c1-22-19(27)12-4-2-3-10(7-12)11-5-6-14(13(21)8-11)28-20-18(26)17(25)16(24)15(9-23)29-20/h2-8,15-18,20,23-26H,9H2,1H3,(H,22,27)/t15-,16+,17+,18-,20?/m0/s1. The second-order valence-corrected chi connectivity index (χ2v) is 7.03. The van der Waals surface area contributed by atoms with Crippen LogP contribution in [0.1, 0.15) is 10.4 Å². The van der Waals surface area contributed by atoms with Crippen molar-refractivity contribution in [3.63, 3.8) is 0 Å². The van der Waals surface area contributed by atoms with E-state index in [1.165, 1.54) is 0 Å². The first-order valence-electron chi connectivity index (χ1n) is 8.95. The fourth-order valence-corrected chi connectivity index (χ4v) is 3.28. The molecule has 1 amide bonds. The molecule has 1 aliphatic heterocycles. The van der Waals surface area contributed by atoms with Gasteiger partial charge >= 0.3 is 0 Å². The second-order valence-electron chi connectivity index (χ2n) is 6.62. The lowest BCUT2D eigenvalue weighted by atomic mass is 9.99. The molecule has 5 atom stereocenters. The Balaban J connectivity index is 1.81. The van der Waals surface area contributed by atoms with Gasteiger partial charge in [-0.05, 0) is 35.4 Å². The summed E-state index contributed by atoms with van der Waals surface area (Å²) in [4.78, 5) is 11.8. The third-order valence-corrected chi connectivity index (χ3v) is 5.00. The van der Waals surface area contributed by atoms with Crippen LogP contribution in [0.25, 0.3) is 11.1 Å². The lowest BCUT2D eigenvalue weighted by Gasteiger charge is -2.39. The van der Waals surface area contributed by atoms with E-state index in [1.807, 2.05) is 6.07 Å². The van der Waals surface area contributed by atoms with Crippen molar-refractivity contribution >= 4 is 17.5 Å². The Labute approximate surface area is 172 Å². The predicted molar refractivity (Wildman–Crippen MR) is 105 cm³/mol.